The molecule has 1 aliphatic heterocycles. The quantitative estimate of drug-likeness (QED) is 0.0686. The number of rotatable bonds is 18. The van der Waals surface area contributed by atoms with Crippen molar-refractivity contribution in [3.05, 3.63) is 136 Å². The summed E-state index contributed by atoms with van der Waals surface area (Å²) >= 11 is 8.23. The lowest BCUT2D eigenvalue weighted by atomic mass is 9.96. The Morgan fingerprint density at radius 2 is 1.76 bits per heavy atom. The number of phenolic OH excluding ortho intramolecular Hbond substituents is 1. The maximum absolute atomic E-state index is 14.3. The molecule has 4 aromatic carbocycles. The molecule has 0 spiro atoms. The third-order valence-electron chi connectivity index (χ3n) is 11.0. The average Bonchev–Trinajstić information content (AvgIpc) is 4.00. The summed E-state index contributed by atoms with van der Waals surface area (Å²) in [5.41, 5.74) is 4.38. The molecule has 19 heteroatoms. The number of nitrogens with zero attached hydrogens (tertiary/aromatic N) is 4. The lowest BCUT2D eigenvalue weighted by Gasteiger charge is -2.20. The van der Waals surface area contributed by atoms with Crippen LogP contribution in [0.3, 0.4) is 0 Å². The molecular formula is C48H44ClFN4O11S2. The summed E-state index contributed by atoms with van der Waals surface area (Å²) in [5, 5.41) is 32.1. The van der Waals surface area contributed by atoms with Crippen LogP contribution in [0.2, 0.25) is 5.02 Å². The molecule has 1 aliphatic rings. The van der Waals surface area contributed by atoms with Crippen LogP contribution < -0.4 is 14.2 Å². The van der Waals surface area contributed by atoms with E-state index < -0.39 is 47.3 Å². The number of hydrogen-bond donors (Lipinski definition) is 3. The van der Waals surface area contributed by atoms with E-state index >= 15 is 0 Å². The van der Waals surface area contributed by atoms with Crippen molar-refractivity contribution in [2.45, 2.75) is 69.8 Å². The lowest BCUT2D eigenvalue weighted by molar-refractivity contribution is -0.145. The van der Waals surface area contributed by atoms with Gasteiger partial charge in [0.2, 0.25) is 12.0 Å². The number of hydrogen-bond acceptors (Lipinski definition) is 15. The minimum Gasteiger partial charge on any atom is -0.508 e. The molecule has 3 N–H and O–H groups in total. The fraction of sp³-hybridized carbons (Fsp3) is 0.271. The van der Waals surface area contributed by atoms with Crippen molar-refractivity contribution in [1.82, 2.24) is 19.9 Å². The highest BCUT2D eigenvalue weighted by molar-refractivity contribution is 7.86. The minimum absolute atomic E-state index is 0.0190. The predicted octanol–water partition coefficient (Wildman–Crippen LogP) is 8.89. The second-order valence-corrected chi connectivity index (χ2v) is 18.8. The Morgan fingerprint density at radius 1 is 0.985 bits per heavy atom. The first-order valence-corrected chi connectivity index (χ1v) is 23.6. The van der Waals surface area contributed by atoms with E-state index in [0.717, 1.165) is 18.4 Å². The van der Waals surface area contributed by atoms with Crippen molar-refractivity contribution in [3.63, 3.8) is 0 Å². The van der Waals surface area contributed by atoms with Crippen molar-refractivity contribution < 1.29 is 56.1 Å². The van der Waals surface area contributed by atoms with E-state index in [4.69, 9.17) is 34.7 Å². The van der Waals surface area contributed by atoms with Gasteiger partial charge in [0, 0.05) is 35.2 Å². The molecule has 0 amide bonds. The maximum atomic E-state index is 14.3. The van der Waals surface area contributed by atoms with Crippen molar-refractivity contribution in [1.29, 1.82) is 0 Å². The van der Waals surface area contributed by atoms with E-state index in [2.05, 4.69) is 19.9 Å². The Kier molecular flexibility index (Phi) is 14.3. The van der Waals surface area contributed by atoms with E-state index in [9.17, 15) is 32.9 Å². The van der Waals surface area contributed by atoms with E-state index in [1.165, 1.54) is 48.0 Å². The number of carboxylic acid groups (broad SMARTS) is 1. The first-order chi connectivity index (χ1) is 32.2. The van der Waals surface area contributed by atoms with E-state index in [1.54, 1.807) is 68.6 Å². The van der Waals surface area contributed by atoms with Crippen LogP contribution in [-0.2, 0) is 36.9 Å². The van der Waals surface area contributed by atoms with Gasteiger partial charge in [0.25, 0.3) is 10.1 Å². The molecule has 3 aromatic heterocycles. The van der Waals surface area contributed by atoms with Crippen molar-refractivity contribution in [2.75, 3.05) is 19.8 Å². The number of carboxylic acids is 1. The zero-order valence-electron chi connectivity index (χ0n) is 36.3. The number of ether oxygens (including phenoxy) is 4. The number of thiophene rings is 1. The summed E-state index contributed by atoms with van der Waals surface area (Å²) in [6, 6.07) is 19.9. The van der Waals surface area contributed by atoms with Crippen LogP contribution in [0.25, 0.3) is 31.8 Å². The highest BCUT2D eigenvalue weighted by Gasteiger charge is 2.30. The Morgan fingerprint density at radius 3 is 2.48 bits per heavy atom. The molecule has 15 nitrogen and oxygen atoms in total. The summed E-state index contributed by atoms with van der Waals surface area (Å²) in [7, 11) is -4.17. The normalized spacial score (nSPS) is 14.8. The summed E-state index contributed by atoms with van der Waals surface area (Å²) in [4.78, 5) is 32.0. The number of aliphatic hydroxyl groups is 1. The topological polar surface area (TPSA) is 210 Å². The van der Waals surface area contributed by atoms with Gasteiger partial charge in [-0.25, -0.2) is 29.1 Å². The van der Waals surface area contributed by atoms with E-state index in [1.807, 2.05) is 6.92 Å². The minimum atomic E-state index is -4.17. The molecular weight excluding hydrogens is 927 g/mol. The fourth-order valence-electron chi connectivity index (χ4n) is 7.42. The first kappa shape index (κ1) is 47.2. The number of aromatic hydroxyl groups is 1. The van der Waals surface area contributed by atoms with Crippen LogP contribution in [0, 0.1) is 26.6 Å². The zero-order chi connectivity index (χ0) is 47.4. The van der Waals surface area contributed by atoms with Crippen LogP contribution in [-0.4, -0.2) is 81.7 Å². The highest BCUT2D eigenvalue weighted by Crippen LogP contribution is 2.49. The molecule has 348 valence electrons. The van der Waals surface area contributed by atoms with E-state index in [0.29, 0.717) is 72.3 Å². The first-order valence-electron chi connectivity index (χ1n) is 21.0. The maximum Gasteiger partial charge on any atom is 0.345 e. The Bertz CT molecular complexity index is 3040. The van der Waals surface area contributed by atoms with Gasteiger partial charge in [0.05, 0.1) is 27.6 Å². The third-order valence-corrected chi connectivity index (χ3v) is 13.9. The zero-order valence-corrected chi connectivity index (χ0v) is 38.7. The number of aryl methyl sites for hydroxylation is 2. The van der Waals surface area contributed by atoms with Crippen molar-refractivity contribution >= 4 is 49.2 Å². The van der Waals surface area contributed by atoms with Gasteiger partial charge in [-0.3, -0.25) is 4.18 Å². The molecule has 3 atom stereocenters. The Labute approximate surface area is 393 Å². The van der Waals surface area contributed by atoms with Gasteiger partial charge >= 0.3 is 5.97 Å². The van der Waals surface area contributed by atoms with Crippen LogP contribution >= 0.6 is 22.9 Å². The third kappa shape index (κ3) is 10.6. The van der Waals surface area contributed by atoms with Crippen molar-refractivity contribution in [3.8, 4) is 44.7 Å². The van der Waals surface area contributed by atoms with Gasteiger partial charge in [0.1, 0.15) is 59.6 Å². The molecule has 0 aliphatic carbocycles. The molecule has 4 heterocycles. The van der Waals surface area contributed by atoms with Crippen LogP contribution in [0.15, 0.2) is 96.3 Å². The fourth-order valence-corrected chi connectivity index (χ4v) is 9.72. The highest BCUT2D eigenvalue weighted by atomic mass is 35.5. The Balaban J connectivity index is 1.11. The second-order valence-electron chi connectivity index (χ2n) is 15.8. The summed E-state index contributed by atoms with van der Waals surface area (Å²) in [6.07, 6.45) is 1.43. The lowest BCUT2D eigenvalue weighted by Crippen LogP contribution is -2.30. The number of halogens is 2. The van der Waals surface area contributed by atoms with Crippen molar-refractivity contribution in [2.24, 2.45) is 0 Å². The van der Waals surface area contributed by atoms with Crippen LogP contribution in [0.5, 0.6) is 23.1 Å². The molecule has 8 rings (SSSR count). The van der Waals surface area contributed by atoms with Gasteiger partial charge in [-0.1, -0.05) is 47.5 Å². The molecule has 0 saturated carbocycles. The van der Waals surface area contributed by atoms with Gasteiger partial charge < -0.3 is 34.3 Å². The molecule has 7 aromatic rings. The largest absolute Gasteiger partial charge is 0.508 e. The standard InChI is InChI=1S/C48H44ClFN4O11S2/c1-26-6-12-34(13-7-26)67(59,60)63-24-33(22-55)64-37-15-14-35(28(3)43(37)49)41-42-46(52-25-53-47(42)66-44(41)29-8-10-31(50)11-9-29)65-40(48(57)58)21-30-20-36(56)27(2)19-39(30)62-23-32-16-17-51-45(54-32)38-5-4-18-61-38/h6-17,19-20,25,33,38,40,55-56H,4-5,18,21-24H2,1-3H3,(H,57,58)/t33-,38-,40?/m0/s1. The molecule has 0 radical (unpaired) electrons. The summed E-state index contributed by atoms with van der Waals surface area (Å²) in [6.45, 7) is 4.75. The van der Waals surface area contributed by atoms with E-state index in [-0.39, 0.29) is 46.4 Å². The van der Waals surface area contributed by atoms with Gasteiger partial charge in [0.15, 0.2) is 5.82 Å². The average molecular weight is 971 g/mol. The summed E-state index contributed by atoms with van der Waals surface area (Å²) < 4.78 is 69.6. The molecule has 0 bridgehead atoms. The Hall–Kier alpha value is -6.28. The SMILES string of the molecule is Cc1ccc(S(=O)(=O)OC[C@H](CO)Oc2ccc(-c3c(-c4ccc(F)cc4)sc4ncnc(OC(Cc5cc(O)c(C)cc5OCc5ccnc([C@@H]6CCCO6)n5)C(=O)O)c34)c(C)c2Cl)cc1. The number of aromatic nitrogens is 4. The number of fused-ring (bicyclic) bond motifs is 1. The second kappa shape index (κ2) is 20.3. The van der Waals surface area contributed by atoms with Gasteiger partial charge in [-0.2, -0.15) is 8.42 Å². The smallest absolute Gasteiger partial charge is 0.345 e. The molecule has 1 fully saturated rings. The molecule has 1 saturated heterocycles. The number of phenols is 1. The van der Waals surface area contributed by atoms with Crippen LogP contribution in [0.4, 0.5) is 4.39 Å². The monoisotopic (exact) mass is 970 g/mol. The number of aliphatic hydroxyl groups excluding tert-OH is 1. The molecule has 1 unspecified atom stereocenters. The number of benzene rings is 4. The van der Waals surface area contributed by atoms with Gasteiger partial charge in [-0.15, -0.1) is 11.3 Å². The predicted molar refractivity (Wildman–Crippen MR) is 247 cm³/mol. The summed E-state index contributed by atoms with van der Waals surface area (Å²) in [5.74, 6) is -0.976. The number of aliphatic carboxylic acids is 1. The molecule has 67 heavy (non-hydrogen) atoms. The van der Waals surface area contributed by atoms with Gasteiger partial charge in [-0.05, 0) is 104 Å². The van der Waals surface area contributed by atoms with Crippen LogP contribution in [0.1, 0.15) is 52.7 Å². The number of carbonyl (C=O) groups is 1.